The van der Waals surface area contributed by atoms with Gasteiger partial charge in [0, 0.05) is 31.3 Å². The molecule has 1 atom stereocenters. The van der Waals surface area contributed by atoms with Crippen LogP contribution in [0.4, 0.5) is 0 Å². The van der Waals surface area contributed by atoms with Gasteiger partial charge in [-0.3, -0.25) is 9.59 Å². The number of methoxy groups -OCH3 is 3. The van der Waals surface area contributed by atoms with Crippen LogP contribution in [0.25, 0.3) is 0 Å². The molecule has 0 spiro atoms. The smallest absolute Gasteiger partial charge is 0.261 e. The normalized spacial score (nSPS) is 11.5. The summed E-state index contributed by atoms with van der Waals surface area (Å²) >= 11 is 0. The first-order chi connectivity index (χ1) is 15.8. The topological polar surface area (TPSA) is 86.3 Å². The third-order valence-corrected chi connectivity index (χ3v) is 5.03. The molecule has 2 aromatic carbocycles. The Labute approximate surface area is 195 Å². The predicted octanol–water partition coefficient (Wildman–Crippen LogP) is 3.28. The van der Waals surface area contributed by atoms with E-state index in [4.69, 9.17) is 18.9 Å². The maximum Gasteiger partial charge on any atom is 0.261 e. The number of carbonyl (C=O) groups is 2. The summed E-state index contributed by atoms with van der Waals surface area (Å²) in [6.45, 7) is 6.26. The number of benzene rings is 2. The number of ether oxygens (including phenoxy) is 4. The van der Waals surface area contributed by atoms with Crippen molar-refractivity contribution in [3.8, 4) is 23.0 Å². The molecule has 8 nitrogen and oxygen atoms in total. The zero-order valence-corrected chi connectivity index (χ0v) is 20.2. The van der Waals surface area contributed by atoms with E-state index in [0.717, 1.165) is 5.56 Å². The summed E-state index contributed by atoms with van der Waals surface area (Å²) in [5.74, 6) is 1.96. The number of carbonyl (C=O) groups excluding carboxylic acids is 2. The molecule has 1 unspecified atom stereocenters. The van der Waals surface area contributed by atoms with Crippen LogP contribution >= 0.6 is 0 Å². The van der Waals surface area contributed by atoms with E-state index in [1.54, 1.807) is 32.2 Å². The van der Waals surface area contributed by atoms with E-state index in [0.29, 0.717) is 35.5 Å². The van der Waals surface area contributed by atoms with Crippen LogP contribution in [0.1, 0.15) is 26.3 Å². The van der Waals surface area contributed by atoms with Gasteiger partial charge in [0.2, 0.25) is 5.91 Å². The molecule has 180 valence electrons. The summed E-state index contributed by atoms with van der Waals surface area (Å²) in [6.07, 6.45) is 0. The van der Waals surface area contributed by atoms with Crippen LogP contribution in [0.15, 0.2) is 42.5 Å². The molecule has 0 aliphatic heterocycles. The molecule has 0 radical (unpaired) electrons. The van der Waals surface area contributed by atoms with Crippen molar-refractivity contribution in [1.29, 1.82) is 0 Å². The van der Waals surface area contributed by atoms with Crippen molar-refractivity contribution >= 4 is 11.8 Å². The Morgan fingerprint density at radius 2 is 1.48 bits per heavy atom. The highest BCUT2D eigenvalue weighted by molar-refractivity contribution is 5.88. The van der Waals surface area contributed by atoms with Gasteiger partial charge in [-0.05, 0) is 30.5 Å². The van der Waals surface area contributed by atoms with Crippen molar-refractivity contribution < 1.29 is 28.5 Å². The fourth-order valence-corrected chi connectivity index (χ4v) is 3.10. The highest BCUT2D eigenvalue weighted by Crippen LogP contribution is 2.27. The molecule has 1 N–H and O–H groups in total. The molecule has 0 fully saturated rings. The Hall–Kier alpha value is -3.42. The molecule has 8 heteroatoms. The van der Waals surface area contributed by atoms with E-state index in [1.807, 2.05) is 38.1 Å². The third-order valence-electron chi connectivity index (χ3n) is 5.03. The van der Waals surface area contributed by atoms with Gasteiger partial charge in [-0.25, -0.2) is 0 Å². The van der Waals surface area contributed by atoms with Crippen molar-refractivity contribution in [3.63, 3.8) is 0 Å². The number of nitrogens with zero attached hydrogens (tertiary/aromatic N) is 1. The average Bonchev–Trinajstić information content (AvgIpc) is 2.83. The Morgan fingerprint density at radius 1 is 0.879 bits per heavy atom. The van der Waals surface area contributed by atoms with Crippen molar-refractivity contribution in [2.75, 3.05) is 34.5 Å². The monoisotopic (exact) mass is 458 g/mol. The lowest BCUT2D eigenvalue weighted by molar-refractivity contribution is -0.142. The van der Waals surface area contributed by atoms with Gasteiger partial charge in [0.15, 0.2) is 6.61 Å². The van der Waals surface area contributed by atoms with Crippen molar-refractivity contribution in [2.45, 2.75) is 33.4 Å². The molecule has 0 aliphatic rings. The van der Waals surface area contributed by atoms with Gasteiger partial charge in [0.1, 0.15) is 29.0 Å². The van der Waals surface area contributed by atoms with Gasteiger partial charge in [-0.1, -0.05) is 26.0 Å². The summed E-state index contributed by atoms with van der Waals surface area (Å²) in [5, 5.41) is 2.90. The SMILES string of the molecule is COc1cccc(CN(C(=O)COc2cc(OC)cc(OC)c2)C(C)C(=O)NCC(C)C)c1. The van der Waals surface area contributed by atoms with Crippen LogP contribution in [0.3, 0.4) is 0 Å². The summed E-state index contributed by atoms with van der Waals surface area (Å²) in [6, 6.07) is 11.8. The maximum atomic E-state index is 13.2. The lowest BCUT2D eigenvalue weighted by Crippen LogP contribution is -2.49. The van der Waals surface area contributed by atoms with Crippen LogP contribution < -0.4 is 24.3 Å². The van der Waals surface area contributed by atoms with E-state index < -0.39 is 6.04 Å². The molecule has 0 aliphatic carbocycles. The van der Waals surface area contributed by atoms with E-state index in [2.05, 4.69) is 5.32 Å². The molecule has 2 amide bonds. The van der Waals surface area contributed by atoms with Gasteiger partial charge < -0.3 is 29.2 Å². The van der Waals surface area contributed by atoms with Crippen molar-refractivity contribution in [3.05, 3.63) is 48.0 Å². The van der Waals surface area contributed by atoms with Gasteiger partial charge in [0.25, 0.3) is 5.91 Å². The van der Waals surface area contributed by atoms with E-state index in [9.17, 15) is 9.59 Å². The zero-order chi connectivity index (χ0) is 24.4. The second-order valence-corrected chi connectivity index (χ2v) is 8.03. The summed E-state index contributed by atoms with van der Waals surface area (Å²) in [7, 11) is 4.66. The molecule has 0 heterocycles. The van der Waals surface area contributed by atoms with Crippen LogP contribution in [-0.2, 0) is 16.1 Å². The van der Waals surface area contributed by atoms with Crippen molar-refractivity contribution in [2.24, 2.45) is 5.92 Å². The average molecular weight is 459 g/mol. The number of rotatable bonds is 12. The fourth-order valence-electron chi connectivity index (χ4n) is 3.10. The molecular formula is C25H34N2O6. The van der Waals surface area contributed by atoms with Crippen LogP contribution in [0, 0.1) is 5.92 Å². The Morgan fingerprint density at radius 3 is 2.06 bits per heavy atom. The Kier molecular flexibility index (Phi) is 9.84. The predicted molar refractivity (Wildman–Crippen MR) is 126 cm³/mol. The van der Waals surface area contributed by atoms with Crippen molar-refractivity contribution in [1.82, 2.24) is 10.2 Å². The fraction of sp³-hybridized carbons (Fsp3) is 0.440. The molecule has 0 saturated heterocycles. The second kappa shape index (κ2) is 12.6. The lowest BCUT2D eigenvalue weighted by Gasteiger charge is -2.29. The number of amides is 2. The van der Waals surface area contributed by atoms with Crippen LogP contribution in [0.2, 0.25) is 0 Å². The summed E-state index contributed by atoms with van der Waals surface area (Å²) in [5.41, 5.74) is 0.842. The molecule has 2 aromatic rings. The molecule has 0 bridgehead atoms. The zero-order valence-electron chi connectivity index (χ0n) is 20.2. The minimum absolute atomic E-state index is 0.219. The Bertz CT molecular complexity index is 909. The number of nitrogens with one attached hydrogen (secondary N) is 1. The van der Waals surface area contributed by atoms with E-state index >= 15 is 0 Å². The molecule has 0 saturated carbocycles. The standard InChI is InChI=1S/C25H34N2O6/c1-17(2)14-26-25(29)18(3)27(15-19-8-7-9-20(10-19)30-4)24(28)16-33-23-12-21(31-5)11-22(13-23)32-6/h7-13,17-18H,14-16H2,1-6H3,(H,26,29). The van der Waals surface area contributed by atoms with E-state index in [-0.39, 0.29) is 25.0 Å². The maximum absolute atomic E-state index is 13.2. The van der Waals surface area contributed by atoms with Gasteiger partial charge in [-0.2, -0.15) is 0 Å². The van der Waals surface area contributed by atoms with Crippen LogP contribution in [-0.4, -0.2) is 57.2 Å². The quantitative estimate of drug-likeness (QED) is 0.525. The Balaban J connectivity index is 2.20. The molecular weight excluding hydrogens is 424 g/mol. The second-order valence-electron chi connectivity index (χ2n) is 8.03. The molecule has 0 aromatic heterocycles. The van der Waals surface area contributed by atoms with E-state index in [1.165, 1.54) is 19.1 Å². The highest BCUT2D eigenvalue weighted by Gasteiger charge is 2.26. The minimum Gasteiger partial charge on any atom is -0.497 e. The van der Waals surface area contributed by atoms with Gasteiger partial charge >= 0.3 is 0 Å². The van der Waals surface area contributed by atoms with Crippen LogP contribution in [0.5, 0.6) is 23.0 Å². The summed E-state index contributed by atoms with van der Waals surface area (Å²) in [4.78, 5) is 27.4. The first kappa shape index (κ1) is 25.8. The number of hydrogen-bond acceptors (Lipinski definition) is 6. The minimum atomic E-state index is -0.689. The molecule has 33 heavy (non-hydrogen) atoms. The van der Waals surface area contributed by atoms with Gasteiger partial charge in [0.05, 0.1) is 21.3 Å². The third kappa shape index (κ3) is 7.89. The number of hydrogen-bond donors (Lipinski definition) is 1. The summed E-state index contributed by atoms with van der Waals surface area (Å²) < 4.78 is 21.5. The van der Waals surface area contributed by atoms with Gasteiger partial charge in [-0.15, -0.1) is 0 Å². The molecule has 2 rings (SSSR count). The lowest BCUT2D eigenvalue weighted by atomic mass is 10.1. The largest absolute Gasteiger partial charge is 0.497 e. The first-order valence-electron chi connectivity index (χ1n) is 10.8. The highest BCUT2D eigenvalue weighted by atomic mass is 16.5. The first-order valence-corrected chi connectivity index (χ1v) is 10.8.